The molecule has 1 aromatic carbocycles. The number of amides is 1. The first kappa shape index (κ1) is 16.0. The number of hydrogen-bond donors (Lipinski definition) is 2. The van der Waals surface area contributed by atoms with Crippen LogP contribution in [0.5, 0.6) is 0 Å². The van der Waals surface area contributed by atoms with E-state index < -0.39 is 5.97 Å². The maximum atomic E-state index is 12.0. The SMILES string of the molecule is CCCOCCC(=O)N(C)c1ccc(N)cc1C(=O)O. The highest BCUT2D eigenvalue weighted by Crippen LogP contribution is 2.22. The molecule has 0 atom stereocenters. The van der Waals surface area contributed by atoms with Gasteiger partial charge in [-0.15, -0.1) is 0 Å². The van der Waals surface area contributed by atoms with Gasteiger partial charge >= 0.3 is 5.97 Å². The van der Waals surface area contributed by atoms with Crippen molar-refractivity contribution in [2.45, 2.75) is 19.8 Å². The average Bonchev–Trinajstić information content (AvgIpc) is 2.42. The fourth-order valence-electron chi connectivity index (χ4n) is 1.73. The van der Waals surface area contributed by atoms with Crippen LogP contribution in [-0.2, 0) is 9.53 Å². The van der Waals surface area contributed by atoms with Gasteiger partial charge in [-0.1, -0.05) is 6.92 Å². The van der Waals surface area contributed by atoms with E-state index in [1.165, 1.54) is 17.0 Å². The highest BCUT2D eigenvalue weighted by molar-refractivity contribution is 6.02. The summed E-state index contributed by atoms with van der Waals surface area (Å²) in [5.74, 6) is -1.32. The lowest BCUT2D eigenvalue weighted by atomic mass is 10.1. The van der Waals surface area contributed by atoms with Crippen LogP contribution < -0.4 is 10.6 Å². The van der Waals surface area contributed by atoms with Crippen LogP contribution >= 0.6 is 0 Å². The van der Waals surface area contributed by atoms with Gasteiger partial charge in [0.25, 0.3) is 0 Å². The Morgan fingerprint density at radius 1 is 1.35 bits per heavy atom. The number of carboxylic acid groups (broad SMARTS) is 1. The van der Waals surface area contributed by atoms with E-state index in [9.17, 15) is 9.59 Å². The molecule has 6 nitrogen and oxygen atoms in total. The summed E-state index contributed by atoms with van der Waals surface area (Å²) in [7, 11) is 1.54. The van der Waals surface area contributed by atoms with Crippen LogP contribution in [0.2, 0.25) is 0 Å². The first-order valence-corrected chi connectivity index (χ1v) is 6.44. The number of aromatic carboxylic acids is 1. The fourth-order valence-corrected chi connectivity index (χ4v) is 1.73. The number of nitrogen functional groups attached to an aromatic ring is 1. The Balaban J connectivity index is 2.78. The van der Waals surface area contributed by atoms with Crippen molar-refractivity contribution in [1.29, 1.82) is 0 Å². The molecule has 0 aliphatic carbocycles. The summed E-state index contributed by atoms with van der Waals surface area (Å²) in [6.07, 6.45) is 1.10. The Hall–Kier alpha value is -2.08. The molecule has 110 valence electrons. The number of ether oxygens (including phenoxy) is 1. The number of carbonyl (C=O) groups excluding carboxylic acids is 1. The predicted molar refractivity (Wildman–Crippen MR) is 77.0 cm³/mol. The van der Waals surface area contributed by atoms with Crippen molar-refractivity contribution in [2.24, 2.45) is 0 Å². The lowest BCUT2D eigenvalue weighted by molar-refractivity contribution is -0.119. The van der Waals surface area contributed by atoms with E-state index >= 15 is 0 Å². The van der Waals surface area contributed by atoms with E-state index in [0.29, 0.717) is 24.6 Å². The van der Waals surface area contributed by atoms with Crippen molar-refractivity contribution in [1.82, 2.24) is 0 Å². The van der Waals surface area contributed by atoms with Crippen LogP contribution in [0.4, 0.5) is 11.4 Å². The Morgan fingerprint density at radius 2 is 2.05 bits per heavy atom. The second-order valence-corrected chi connectivity index (χ2v) is 4.40. The molecule has 1 rings (SSSR count). The van der Waals surface area contributed by atoms with E-state index in [1.54, 1.807) is 13.1 Å². The zero-order chi connectivity index (χ0) is 15.1. The molecule has 0 saturated carbocycles. The summed E-state index contributed by atoms with van der Waals surface area (Å²) in [6, 6.07) is 4.44. The van der Waals surface area contributed by atoms with Crippen LogP contribution in [0.25, 0.3) is 0 Å². The zero-order valence-electron chi connectivity index (χ0n) is 11.8. The molecule has 0 saturated heterocycles. The molecule has 0 fully saturated rings. The molecule has 1 aromatic rings. The van der Waals surface area contributed by atoms with Gasteiger partial charge in [0.15, 0.2) is 0 Å². The van der Waals surface area contributed by atoms with E-state index in [2.05, 4.69) is 0 Å². The van der Waals surface area contributed by atoms with Crippen LogP contribution in [0, 0.1) is 0 Å². The van der Waals surface area contributed by atoms with Gasteiger partial charge < -0.3 is 20.5 Å². The summed E-state index contributed by atoms with van der Waals surface area (Å²) < 4.78 is 5.25. The fraction of sp³-hybridized carbons (Fsp3) is 0.429. The van der Waals surface area contributed by atoms with Gasteiger partial charge in [-0.05, 0) is 24.6 Å². The molecule has 0 aromatic heterocycles. The Bertz CT molecular complexity index is 488. The van der Waals surface area contributed by atoms with Crippen molar-refractivity contribution < 1.29 is 19.4 Å². The third-order valence-corrected chi connectivity index (χ3v) is 2.80. The molecule has 1 amide bonds. The third kappa shape index (κ3) is 4.24. The number of carboxylic acids is 1. The van der Waals surface area contributed by atoms with Crippen LogP contribution in [0.3, 0.4) is 0 Å². The maximum Gasteiger partial charge on any atom is 0.337 e. The van der Waals surface area contributed by atoms with Crippen molar-refractivity contribution in [2.75, 3.05) is 30.9 Å². The van der Waals surface area contributed by atoms with Crippen molar-refractivity contribution in [3.63, 3.8) is 0 Å². The summed E-state index contributed by atoms with van der Waals surface area (Å²) in [6.45, 7) is 2.93. The second-order valence-electron chi connectivity index (χ2n) is 4.40. The largest absolute Gasteiger partial charge is 0.478 e. The van der Waals surface area contributed by atoms with Crippen LogP contribution in [0.1, 0.15) is 30.1 Å². The molecule has 0 heterocycles. The number of nitrogens with two attached hydrogens (primary N) is 1. The van der Waals surface area contributed by atoms with Gasteiger partial charge in [0.05, 0.1) is 24.3 Å². The minimum absolute atomic E-state index is 0.00956. The summed E-state index contributed by atoms with van der Waals surface area (Å²) >= 11 is 0. The quantitative estimate of drug-likeness (QED) is 0.586. The molecule has 0 unspecified atom stereocenters. The third-order valence-electron chi connectivity index (χ3n) is 2.80. The molecular weight excluding hydrogens is 260 g/mol. The highest BCUT2D eigenvalue weighted by atomic mass is 16.5. The Morgan fingerprint density at radius 3 is 2.65 bits per heavy atom. The smallest absolute Gasteiger partial charge is 0.337 e. The molecule has 0 aliphatic rings. The van der Waals surface area contributed by atoms with Crippen molar-refractivity contribution in [3.05, 3.63) is 23.8 Å². The summed E-state index contributed by atoms with van der Waals surface area (Å²) in [5, 5.41) is 9.15. The van der Waals surface area contributed by atoms with Gasteiger partial charge in [0.1, 0.15) is 0 Å². The zero-order valence-corrected chi connectivity index (χ0v) is 11.8. The van der Waals surface area contributed by atoms with Crippen molar-refractivity contribution >= 4 is 23.3 Å². The lowest BCUT2D eigenvalue weighted by Gasteiger charge is -2.19. The first-order chi connectivity index (χ1) is 9.47. The number of hydrogen-bond acceptors (Lipinski definition) is 4. The Labute approximate surface area is 118 Å². The van der Waals surface area contributed by atoms with Gasteiger partial charge in [-0.2, -0.15) is 0 Å². The van der Waals surface area contributed by atoms with Gasteiger partial charge in [0, 0.05) is 19.3 Å². The van der Waals surface area contributed by atoms with E-state index in [4.69, 9.17) is 15.6 Å². The molecule has 0 aliphatic heterocycles. The predicted octanol–water partition coefficient (Wildman–Crippen LogP) is 1.75. The minimum atomic E-state index is -1.12. The topological polar surface area (TPSA) is 92.9 Å². The Kier molecular flexibility index (Phi) is 5.99. The second kappa shape index (κ2) is 7.49. The van der Waals surface area contributed by atoms with Crippen molar-refractivity contribution in [3.8, 4) is 0 Å². The molecule has 0 bridgehead atoms. The molecule has 6 heteroatoms. The standard InChI is InChI=1S/C14H20N2O4/c1-3-7-20-8-6-13(17)16(2)12-5-4-10(15)9-11(12)14(18)19/h4-5,9H,3,6-8,15H2,1-2H3,(H,18,19). The molecule has 3 N–H and O–H groups in total. The number of nitrogens with zero attached hydrogens (tertiary/aromatic N) is 1. The van der Waals surface area contributed by atoms with Gasteiger partial charge in [-0.3, -0.25) is 4.79 Å². The molecule has 0 radical (unpaired) electrons. The number of rotatable bonds is 7. The number of carbonyl (C=O) groups is 2. The molecular formula is C14H20N2O4. The molecule has 20 heavy (non-hydrogen) atoms. The molecule has 0 spiro atoms. The monoisotopic (exact) mass is 280 g/mol. The average molecular weight is 280 g/mol. The van der Waals surface area contributed by atoms with E-state index in [1.807, 2.05) is 6.92 Å². The number of benzene rings is 1. The highest BCUT2D eigenvalue weighted by Gasteiger charge is 2.18. The minimum Gasteiger partial charge on any atom is -0.478 e. The van der Waals surface area contributed by atoms with Gasteiger partial charge in [-0.25, -0.2) is 4.79 Å². The van der Waals surface area contributed by atoms with Gasteiger partial charge in [0.2, 0.25) is 5.91 Å². The number of anilines is 2. The van der Waals surface area contributed by atoms with Crippen LogP contribution in [-0.4, -0.2) is 37.2 Å². The maximum absolute atomic E-state index is 12.0. The first-order valence-electron chi connectivity index (χ1n) is 6.44. The summed E-state index contributed by atoms with van der Waals surface area (Å²) in [5.41, 5.74) is 6.25. The summed E-state index contributed by atoms with van der Waals surface area (Å²) in [4.78, 5) is 24.5. The van der Waals surface area contributed by atoms with Crippen LogP contribution in [0.15, 0.2) is 18.2 Å². The normalized spacial score (nSPS) is 10.3. The lowest BCUT2D eigenvalue weighted by Crippen LogP contribution is -2.28. The van der Waals surface area contributed by atoms with E-state index in [0.717, 1.165) is 6.42 Å². The van der Waals surface area contributed by atoms with E-state index in [-0.39, 0.29) is 17.9 Å².